The van der Waals surface area contributed by atoms with Crippen molar-refractivity contribution in [2.75, 3.05) is 13.2 Å². The van der Waals surface area contributed by atoms with Crippen LogP contribution < -0.4 is 0 Å². The highest BCUT2D eigenvalue weighted by molar-refractivity contribution is 5.49. The highest BCUT2D eigenvalue weighted by Gasteiger charge is 1.92. The number of carbonyl (C=O) groups excluding carboxylic acids is 2. The van der Waals surface area contributed by atoms with Crippen LogP contribution in [0.5, 0.6) is 0 Å². The second-order valence-corrected chi connectivity index (χ2v) is 3.68. The smallest absolute Gasteiger partial charge is 0.119 e. The maximum absolute atomic E-state index is 10.0. The minimum atomic E-state index is 0.590. The highest BCUT2D eigenvalue weighted by Crippen LogP contribution is 2.00. The van der Waals surface area contributed by atoms with Crippen molar-refractivity contribution < 1.29 is 19.4 Å². The summed E-state index contributed by atoms with van der Waals surface area (Å²) in [5, 5.41) is 0. The standard InChI is InChI=1S/C12H22O4/c13-9-5-1-3-7-11-15-16-12-8-4-2-6-10-14/h9-10H,1-8,11-12H2. The number of hydrogen-bond acceptors (Lipinski definition) is 4. The van der Waals surface area contributed by atoms with Crippen LogP contribution in [-0.4, -0.2) is 25.8 Å². The number of aldehydes is 2. The van der Waals surface area contributed by atoms with Crippen molar-refractivity contribution >= 4 is 12.6 Å². The van der Waals surface area contributed by atoms with Gasteiger partial charge in [0.25, 0.3) is 0 Å². The zero-order chi connectivity index (χ0) is 11.9. The molecule has 0 aromatic heterocycles. The lowest BCUT2D eigenvalue weighted by atomic mass is 10.2. The molecule has 0 heterocycles. The van der Waals surface area contributed by atoms with Crippen molar-refractivity contribution in [2.24, 2.45) is 0 Å². The summed E-state index contributed by atoms with van der Waals surface area (Å²) in [6.45, 7) is 1.18. The van der Waals surface area contributed by atoms with Gasteiger partial charge in [-0.25, -0.2) is 9.78 Å². The van der Waals surface area contributed by atoms with Crippen molar-refractivity contribution in [3.05, 3.63) is 0 Å². The van der Waals surface area contributed by atoms with Crippen molar-refractivity contribution in [3.8, 4) is 0 Å². The number of carbonyl (C=O) groups is 2. The largest absolute Gasteiger partial charge is 0.303 e. The molecule has 0 spiro atoms. The van der Waals surface area contributed by atoms with Crippen LogP contribution >= 0.6 is 0 Å². The summed E-state index contributed by atoms with van der Waals surface area (Å²) in [5.74, 6) is 0. The molecule has 0 atom stereocenters. The maximum Gasteiger partial charge on any atom is 0.119 e. The van der Waals surface area contributed by atoms with Crippen LogP contribution in [0, 0.1) is 0 Å². The van der Waals surface area contributed by atoms with Gasteiger partial charge in [0.2, 0.25) is 0 Å². The Morgan fingerprint density at radius 2 is 1.06 bits per heavy atom. The molecule has 0 aromatic rings. The second-order valence-electron chi connectivity index (χ2n) is 3.68. The second kappa shape index (κ2) is 14.3. The lowest BCUT2D eigenvalue weighted by Gasteiger charge is -2.03. The Kier molecular flexibility index (Phi) is 13.6. The molecular formula is C12H22O4. The average molecular weight is 230 g/mol. The van der Waals surface area contributed by atoms with Gasteiger partial charge in [0.15, 0.2) is 0 Å². The first-order chi connectivity index (χ1) is 7.91. The third-order valence-corrected chi connectivity index (χ3v) is 2.18. The van der Waals surface area contributed by atoms with Crippen LogP contribution in [0.3, 0.4) is 0 Å². The summed E-state index contributed by atoms with van der Waals surface area (Å²) in [6.07, 6.45) is 8.88. The van der Waals surface area contributed by atoms with E-state index < -0.39 is 0 Å². The molecule has 0 aliphatic heterocycles. The summed E-state index contributed by atoms with van der Waals surface area (Å²) in [5.41, 5.74) is 0. The van der Waals surface area contributed by atoms with E-state index in [-0.39, 0.29) is 0 Å². The molecule has 16 heavy (non-hydrogen) atoms. The third-order valence-electron chi connectivity index (χ3n) is 2.18. The van der Waals surface area contributed by atoms with Crippen LogP contribution in [0.25, 0.3) is 0 Å². The van der Waals surface area contributed by atoms with Gasteiger partial charge in [0, 0.05) is 12.8 Å². The summed E-state index contributed by atoms with van der Waals surface area (Å²) in [7, 11) is 0. The normalized spacial score (nSPS) is 10.2. The van der Waals surface area contributed by atoms with Gasteiger partial charge in [-0.15, -0.1) is 0 Å². The molecule has 4 nitrogen and oxygen atoms in total. The number of rotatable bonds is 13. The Bertz CT molecular complexity index is 141. The zero-order valence-electron chi connectivity index (χ0n) is 9.86. The molecule has 0 saturated heterocycles. The van der Waals surface area contributed by atoms with E-state index in [1.54, 1.807) is 0 Å². The van der Waals surface area contributed by atoms with Gasteiger partial charge in [0.1, 0.15) is 12.6 Å². The van der Waals surface area contributed by atoms with E-state index in [9.17, 15) is 9.59 Å². The monoisotopic (exact) mass is 230 g/mol. The molecule has 94 valence electrons. The fourth-order valence-corrected chi connectivity index (χ4v) is 1.25. The summed E-state index contributed by atoms with van der Waals surface area (Å²) < 4.78 is 0. The molecule has 0 saturated carbocycles. The Labute approximate surface area is 97.2 Å². The van der Waals surface area contributed by atoms with Crippen LogP contribution in [0.4, 0.5) is 0 Å². The van der Waals surface area contributed by atoms with Crippen LogP contribution in [0.1, 0.15) is 51.4 Å². The quantitative estimate of drug-likeness (QED) is 0.211. The predicted molar refractivity (Wildman–Crippen MR) is 61.0 cm³/mol. The molecule has 0 aliphatic rings. The van der Waals surface area contributed by atoms with Gasteiger partial charge in [-0.1, -0.05) is 12.8 Å². The number of hydrogen-bond donors (Lipinski definition) is 0. The van der Waals surface area contributed by atoms with E-state index in [4.69, 9.17) is 9.78 Å². The van der Waals surface area contributed by atoms with Gasteiger partial charge in [-0.05, 0) is 25.7 Å². The lowest BCUT2D eigenvalue weighted by molar-refractivity contribution is -0.295. The van der Waals surface area contributed by atoms with Crippen LogP contribution in [0.15, 0.2) is 0 Å². The molecule has 4 heteroatoms. The predicted octanol–water partition coefficient (Wildman–Crippen LogP) is 2.45. The molecular weight excluding hydrogens is 208 g/mol. The zero-order valence-corrected chi connectivity index (χ0v) is 9.86. The summed E-state index contributed by atoms with van der Waals surface area (Å²) >= 11 is 0. The SMILES string of the molecule is O=CCCCCCOOCCCCCC=O. The van der Waals surface area contributed by atoms with Crippen molar-refractivity contribution in [1.82, 2.24) is 0 Å². The Balaban J connectivity index is 2.87. The fourth-order valence-electron chi connectivity index (χ4n) is 1.25. The number of unbranched alkanes of at least 4 members (excludes halogenated alkanes) is 6. The Morgan fingerprint density at radius 3 is 1.44 bits per heavy atom. The van der Waals surface area contributed by atoms with Crippen LogP contribution in [0.2, 0.25) is 0 Å². The van der Waals surface area contributed by atoms with E-state index in [1.165, 1.54) is 0 Å². The van der Waals surface area contributed by atoms with Gasteiger partial charge in [-0.3, -0.25) is 0 Å². The molecule has 0 unspecified atom stereocenters. The first-order valence-corrected chi connectivity index (χ1v) is 6.03. The van der Waals surface area contributed by atoms with Gasteiger partial charge in [0.05, 0.1) is 13.2 Å². The van der Waals surface area contributed by atoms with Gasteiger partial charge >= 0.3 is 0 Å². The molecule has 0 aromatic carbocycles. The first kappa shape index (κ1) is 15.3. The maximum atomic E-state index is 10.0. The Morgan fingerprint density at radius 1 is 0.625 bits per heavy atom. The molecule has 0 N–H and O–H groups in total. The molecule has 0 fully saturated rings. The third kappa shape index (κ3) is 13.3. The minimum absolute atomic E-state index is 0.590. The van der Waals surface area contributed by atoms with Gasteiger partial charge in [-0.2, -0.15) is 0 Å². The van der Waals surface area contributed by atoms with E-state index in [0.717, 1.165) is 51.1 Å². The van der Waals surface area contributed by atoms with Crippen molar-refractivity contribution in [3.63, 3.8) is 0 Å². The van der Waals surface area contributed by atoms with Crippen molar-refractivity contribution in [1.29, 1.82) is 0 Å². The first-order valence-electron chi connectivity index (χ1n) is 6.03. The highest BCUT2D eigenvalue weighted by atomic mass is 17.2. The fraction of sp³-hybridized carbons (Fsp3) is 0.833. The minimum Gasteiger partial charge on any atom is -0.303 e. The lowest BCUT2D eigenvalue weighted by Crippen LogP contribution is -1.99. The van der Waals surface area contributed by atoms with E-state index >= 15 is 0 Å². The topological polar surface area (TPSA) is 52.6 Å². The van der Waals surface area contributed by atoms with Crippen molar-refractivity contribution in [2.45, 2.75) is 51.4 Å². The molecule has 0 aliphatic carbocycles. The van der Waals surface area contributed by atoms with E-state index in [0.29, 0.717) is 26.1 Å². The molecule has 0 rings (SSSR count). The molecule has 0 radical (unpaired) electrons. The Hall–Kier alpha value is -0.740. The summed E-state index contributed by atoms with van der Waals surface area (Å²) in [6, 6.07) is 0. The van der Waals surface area contributed by atoms with Gasteiger partial charge < -0.3 is 9.59 Å². The molecule has 0 amide bonds. The van der Waals surface area contributed by atoms with E-state index in [1.807, 2.05) is 0 Å². The van der Waals surface area contributed by atoms with Crippen LogP contribution in [-0.2, 0) is 19.4 Å². The average Bonchev–Trinajstić information content (AvgIpc) is 2.31. The van der Waals surface area contributed by atoms with E-state index in [2.05, 4.69) is 0 Å². The molecule has 0 bridgehead atoms. The summed E-state index contributed by atoms with van der Waals surface area (Å²) in [4.78, 5) is 29.9.